The average molecular weight is 183 g/mol. The van der Waals surface area contributed by atoms with E-state index >= 15 is 0 Å². The van der Waals surface area contributed by atoms with E-state index in [1.807, 2.05) is 6.92 Å². The van der Waals surface area contributed by atoms with Gasteiger partial charge in [-0.2, -0.15) is 0 Å². The molecule has 0 bridgehead atoms. The molecule has 1 rings (SSSR count). The van der Waals surface area contributed by atoms with Gasteiger partial charge in [-0.3, -0.25) is 4.79 Å². The number of carboxylic acids is 1. The third-order valence-corrected chi connectivity index (χ3v) is 1.99. The number of nitrogens with zero attached hydrogens (tertiary/aromatic N) is 1. The highest BCUT2D eigenvalue weighted by Gasteiger charge is 2.24. The molecule has 0 aromatic rings. The van der Waals surface area contributed by atoms with Gasteiger partial charge in [0.2, 0.25) is 5.91 Å². The fraction of sp³-hybridized carbons (Fsp3) is 0.556. The van der Waals surface area contributed by atoms with Crippen molar-refractivity contribution in [2.24, 2.45) is 5.92 Å². The lowest BCUT2D eigenvalue weighted by molar-refractivity contribution is -0.131. The fourth-order valence-corrected chi connectivity index (χ4v) is 1.43. The van der Waals surface area contributed by atoms with Crippen molar-refractivity contribution < 1.29 is 14.7 Å². The van der Waals surface area contributed by atoms with E-state index in [9.17, 15) is 9.59 Å². The van der Waals surface area contributed by atoms with Crippen LogP contribution in [0.1, 0.15) is 13.3 Å². The monoisotopic (exact) mass is 183 g/mol. The largest absolute Gasteiger partial charge is 0.478 e. The zero-order chi connectivity index (χ0) is 9.84. The molecule has 0 aromatic carbocycles. The highest BCUT2D eigenvalue weighted by Crippen LogP contribution is 2.15. The van der Waals surface area contributed by atoms with E-state index in [-0.39, 0.29) is 5.91 Å². The number of hydrogen-bond donors (Lipinski definition) is 1. The Morgan fingerprint density at radius 3 is 2.92 bits per heavy atom. The predicted octanol–water partition coefficient (Wildman–Crippen LogP) is 0.496. The van der Waals surface area contributed by atoms with Crippen molar-refractivity contribution in [1.82, 2.24) is 4.90 Å². The first-order valence-electron chi connectivity index (χ1n) is 4.27. The Hall–Kier alpha value is -1.32. The lowest BCUT2D eigenvalue weighted by atomic mass is 10.2. The van der Waals surface area contributed by atoms with Crippen molar-refractivity contribution in [3.8, 4) is 0 Å². The van der Waals surface area contributed by atoms with Gasteiger partial charge in [0.1, 0.15) is 0 Å². The number of hydrogen-bond acceptors (Lipinski definition) is 2. The SMILES string of the molecule is CC1CC(=O)N(C/C=C/C(=O)O)C1. The summed E-state index contributed by atoms with van der Waals surface area (Å²) in [5.41, 5.74) is 0. The van der Waals surface area contributed by atoms with Crippen LogP contribution < -0.4 is 0 Å². The van der Waals surface area contributed by atoms with Crippen LogP contribution in [0.25, 0.3) is 0 Å². The van der Waals surface area contributed by atoms with Gasteiger partial charge in [-0.05, 0) is 5.92 Å². The van der Waals surface area contributed by atoms with Crippen LogP contribution >= 0.6 is 0 Å². The summed E-state index contributed by atoms with van der Waals surface area (Å²) in [5.74, 6) is -0.465. The highest BCUT2D eigenvalue weighted by atomic mass is 16.4. The highest BCUT2D eigenvalue weighted by molar-refractivity contribution is 5.80. The molecule has 0 aliphatic carbocycles. The molecule has 4 heteroatoms. The number of likely N-dealkylation sites (tertiary alicyclic amines) is 1. The lowest BCUT2D eigenvalue weighted by Crippen LogP contribution is -2.25. The third-order valence-electron chi connectivity index (χ3n) is 1.99. The topological polar surface area (TPSA) is 57.6 Å². The van der Waals surface area contributed by atoms with Crippen LogP contribution in [-0.2, 0) is 9.59 Å². The Balaban J connectivity index is 2.38. The predicted molar refractivity (Wildman–Crippen MR) is 47.1 cm³/mol. The molecule has 1 aliphatic heterocycles. The molecule has 1 saturated heterocycles. The Morgan fingerprint density at radius 1 is 1.77 bits per heavy atom. The summed E-state index contributed by atoms with van der Waals surface area (Å²) >= 11 is 0. The van der Waals surface area contributed by atoms with Gasteiger partial charge in [0.15, 0.2) is 0 Å². The first kappa shape index (κ1) is 9.77. The fourth-order valence-electron chi connectivity index (χ4n) is 1.43. The van der Waals surface area contributed by atoms with E-state index in [1.54, 1.807) is 4.90 Å². The normalized spacial score (nSPS) is 23.0. The summed E-state index contributed by atoms with van der Waals surface area (Å²) in [6.07, 6.45) is 3.15. The van der Waals surface area contributed by atoms with Gasteiger partial charge >= 0.3 is 5.97 Å². The average Bonchev–Trinajstić information content (AvgIpc) is 2.29. The summed E-state index contributed by atoms with van der Waals surface area (Å²) in [4.78, 5) is 23.0. The number of carboxylic acid groups (broad SMARTS) is 1. The minimum Gasteiger partial charge on any atom is -0.478 e. The molecule has 1 fully saturated rings. The molecule has 1 amide bonds. The smallest absolute Gasteiger partial charge is 0.328 e. The molecule has 13 heavy (non-hydrogen) atoms. The second-order valence-electron chi connectivity index (χ2n) is 3.35. The summed E-state index contributed by atoms with van der Waals surface area (Å²) < 4.78 is 0. The van der Waals surface area contributed by atoms with E-state index in [0.717, 1.165) is 12.6 Å². The van der Waals surface area contributed by atoms with E-state index in [2.05, 4.69) is 0 Å². The van der Waals surface area contributed by atoms with Crippen LogP contribution in [0.2, 0.25) is 0 Å². The molecule has 1 N–H and O–H groups in total. The zero-order valence-electron chi connectivity index (χ0n) is 7.56. The molecular formula is C9H13NO3. The maximum atomic E-state index is 11.2. The van der Waals surface area contributed by atoms with Crippen molar-refractivity contribution >= 4 is 11.9 Å². The molecule has 1 unspecified atom stereocenters. The molecule has 0 spiro atoms. The molecule has 72 valence electrons. The maximum Gasteiger partial charge on any atom is 0.328 e. The molecule has 0 aromatic heterocycles. The Kier molecular flexibility index (Phi) is 3.06. The van der Waals surface area contributed by atoms with Gasteiger partial charge in [-0.1, -0.05) is 13.0 Å². The minimum absolute atomic E-state index is 0.113. The second-order valence-corrected chi connectivity index (χ2v) is 3.35. The van der Waals surface area contributed by atoms with Gasteiger partial charge in [-0.15, -0.1) is 0 Å². The van der Waals surface area contributed by atoms with Gasteiger partial charge in [0.25, 0.3) is 0 Å². The summed E-state index contributed by atoms with van der Waals surface area (Å²) in [6, 6.07) is 0. The standard InChI is InChI=1S/C9H13NO3/c1-7-5-8(11)10(6-7)4-2-3-9(12)13/h2-3,7H,4-6H2,1H3,(H,12,13)/b3-2+. The zero-order valence-corrected chi connectivity index (χ0v) is 7.56. The van der Waals surface area contributed by atoms with E-state index in [1.165, 1.54) is 6.08 Å². The molecule has 1 aliphatic rings. The number of amides is 1. The molecular weight excluding hydrogens is 170 g/mol. The van der Waals surface area contributed by atoms with Crippen LogP contribution in [0.15, 0.2) is 12.2 Å². The Bertz CT molecular complexity index is 247. The molecule has 0 radical (unpaired) electrons. The van der Waals surface area contributed by atoms with Gasteiger partial charge in [-0.25, -0.2) is 4.79 Å². The number of carbonyl (C=O) groups is 2. The van der Waals surface area contributed by atoms with Gasteiger partial charge < -0.3 is 10.0 Å². The summed E-state index contributed by atoms with van der Waals surface area (Å²) in [5, 5.41) is 8.32. The number of rotatable bonds is 3. The minimum atomic E-state index is -0.973. The van der Waals surface area contributed by atoms with E-state index < -0.39 is 5.97 Å². The van der Waals surface area contributed by atoms with Crippen LogP contribution in [0.4, 0.5) is 0 Å². The number of aliphatic carboxylic acids is 1. The Morgan fingerprint density at radius 2 is 2.46 bits per heavy atom. The maximum absolute atomic E-state index is 11.2. The quantitative estimate of drug-likeness (QED) is 0.648. The van der Waals surface area contributed by atoms with Crippen LogP contribution in [0.5, 0.6) is 0 Å². The summed E-state index contributed by atoms with van der Waals surface area (Å²) in [6.45, 7) is 3.16. The van der Waals surface area contributed by atoms with Crippen molar-refractivity contribution in [1.29, 1.82) is 0 Å². The van der Waals surface area contributed by atoms with Crippen LogP contribution in [0, 0.1) is 5.92 Å². The second kappa shape index (κ2) is 4.07. The van der Waals surface area contributed by atoms with Gasteiger partial charge in [0.05, 0.1) is 0 Å². The number of carbonyl (C=O) groups excluding carboxylic acids is 1. The van der Waals surface area contributed by atoms with Crippen molar-refractivity contribution in [3.63, 3.8) is 0 Å². The van der Waals surface area contributed by atoms with Gasteiger partial charge in [0, 0.05) is 25.6 Å². The molecule has 4 nitrogen and oxygen atoms in total. The van der Waals surface area contributed by atoms with Crippen LogP contribution in [0.3, 0.4) is 0 Å². The van der Waals surface area contributed by atoms with Crippen LogP contribution in [-0.4, -0.2) is 35.0 Å². The third kappa shape index (κ3) is 2.89. The summed E-state index contributed by atoms with van der Waals surface area (Å²) in [7, 11) is 0. The van der Waals surface area contributed by atoms with Crippen molar-refractivity contribution in [3.05, 3.63) is 12.2 Å². The van der Waals surface area contributed by atoms with E-state index in [4.69, 9.17) is 5.11 Å². The molecule has 1 atom stereocenters. The van der Waals surface area contributed by atoms with Crippen molar-refractivity contribution in [2.75, 3.05) is 13.1 Å². The molecule has 1 heterocycles. The first-order chi connectivity index (χ1) is 6.09. The van der Waals surface area contributed by atoms with Crippen molar-refractivity contribution in [2.45, 2.75) is 13.3 Å². The molecule has 0 saturated carbocycles. The first-order valence-corrected chi connectivity index (χ1v) is 4.27. The van der Waals surface area contributed by atoms with E-state index in [0.29, 0.717) is 18.9 Å². The lowest BCUT2D eigenvalue weighted by Gasteiger charge is -2.12. The Labute approximate surface area is 76.8 Å².